The molecule has 0 aliphatic carbocycles. The van der Waals surface area contributed by atoms with Gasteiger partial charge in [0, 0.05) is 32.2 Å². The molecule has 1 aromatic rings. The standard InChI is InChI=1S/C17H27N3O4S/c1-13-16(25(22,23)20-7-3-4-8-20)11-15(24-13)17(21)19-9-5-14(6-10-19)12-18-2/h11,14,18H,3-10,12H2,1-2H3. The van der Waals surface area contributed by atoms with E-state index in [-0.39, 0.29) is 16.6 Å². The third-order valence-electron chi connectivity index (χ3n) is 5.16. The van der Waals surface area contributed by atoms with Crippen LogP contribution in [-0.4, -0.2) is 63.3 Å². The molecule has 2 aliphatic rings. The first-order valence-electron chi connectivity index (χ1n) is 8.98. The van der Waals surface area contributed by atoms with Crippen molar-refractivity contribution in [3.63, 3.8) is 0 Å². The van der Waals surface area contributed by atoms with E-state index in [1.807, 2.05) is 7.05 Å². The third-order valence-corrected chi connectivity index (χ3v) is 7.17. The average Bonchev–Trinajstić information content (AvgIpc) is 3.25. The number of furan rings is 1. The van der Waals surface area contributed by atoms with Crippen molar-refractivity contribution in [3.05, 3.63) is 17.6 Å². The van der Waals surface area contributed by atoms with Gasteiger partial charge in [0.15, 0.2) is 5.76 Å². The lowest BCUT2D eigenvalue weighted by Gasteiger charge is -2.31. The highest BCUT2D eigenvalue weighted by Gasteiger charge is 2.33. The first-order chi connectivity index (χ1) is 11.9. The van der Waals surface area contributed by atoms with E-state index < -0.39 is 10.0 Å². The summed E-state index contributed by atoms with van der Waals surface area (Å²) in [6.07, 6.45) is 3.66. The molecule has 3 rings (SSSR count). The SMILES string of the molecule is CNCC1CCN(C(=O)c2cc(S(=O)(=O)N3CCCC3)c(C)o2)CC1. The monoisotopic (exact) mass is 369 g/mol. The van der Waals surface area contributed by atoms with Gasteiger partial charge in [0.05, 0.1) is 0 Å². The van der Waals surface area contributed by atoms with Gasteiger partial charge in [-0.05, 0) is 52.1 Å². The quantitative estimate of drug-likeness (QED) is 0.849. The van der Waals surface area contributed by atoms with Crippen LogP contribution in [0, 0.1) is 12.8 Å². The molecule has 0 atom stereocenters. The lowest BCUT2D eigenvalue weighted by Crippen LogP contribution is -2.40. The summed E-state index contributed by atoms with van der Waals surface area (Å²) in [4.78, 5) is 14.6. The maximum atomic E-state index is 12.7. The van der Waals surface area contributed by atoms with Gasteiger partial charge in [-0.25, -0.2) is 8.42 Å². The Morgan fingerprint density at radius 2 is 1.88 bits per heavy atom. The van der Waals surface area contributed by atoms with Gasteiger partial charge in [0.25, 0.3) is 5.91 Å². The summed E-state index contributed by atoms with van der Waals surface area (Å²) in [5.41, 5.74) is 0. The van der Waals surface area contributed by atoms with Crippen LogP contribution in [0.3, 0.4) is 0 Å². The molecule has 1 N–H and O–H groups in total. The van der Waals surface area contributed by atoms with Crippen molar-refractivity contribution in [2.45, 2.75) is 37.5 Å². The van der Waals surface area contributed by atoms with Crippen LogP contribution in [0.2, 0.25) is 0 Å². The molecule has 140 valence electrons. The zero-order chi connectivity index (χ0) is 18.0. The molecule has 0 unspecified atom stereocenters. The largest absolute Gasteiger partial charge is 0.455 e. The molecule has 7 nitrogen and oxygen atoms in total. The van der Waals surface area contributed by atoms with Gasteiger partial charge in [-0.3, -0.25) is 4.79 Å². The normalized spacial score (nSPS) is 20.3. The minimum atomic E-state index is -3.57. The van der Waals surface area contributed by atoms with E-state index in [2.05, 4.69) is 5.32 Å². The first kappa shape index (κ1) is 18.4. The molecule has 2 aliphatic heterocycles. The Kier molecular flexibility index (Phi) is 5.50. The molecule has 0 radical (unpaired) electrons. The Bertz CT molecular complexity index is 714. The van der Waals surface area contributed by atoms with E-state index in [9.17, 15) is 13.2 Å². The second-order valence-electron chi connectivity index (χ2n) is 6.94. The zero-order valence-electron chi connectivity index (χ0n) is 15.0. The minimum absolute atomic E-state index is 0.127. The predicted molar refractivity (Wildman–Crippen MR) is 94.0 cm³/mol. The molecule has 2 saturated heterocycles. The van der Waals surface area contributed by atoms with E-state index in [4.69, 9.17) is 4.42 Å². The number of sulfonamides is 1. The summed E-state index contributed by atoms with van der Waals surface area (Å²) >= 11 is 0. The topological polar surface area (TPSA) is 82.9 Å². The summed E-state index contributed by atoms with van der Waals surface area (Å²) in [6.45, 7) is 5.00. The van der Waals surface area contributed by atoms with Crippen LogP contribution in [0.5, 0.6) is 0 Å². The summed E-state index contributed by atoms with van der Waals surface area (Å²) in [7, 11) is -1.63. The molecule has 25 heavy (non-hydrogen) atoms. The van der Waals surface area contributed by atoms with Gasteiger partial charge in [0.2, 0.25) is 10.0 Å². The summed E-state index contributed by atoms with van der Waals surface area (Å²) < 4.78 is 32.4. The van der Waals surface area contributed by atoms with Crippen LogP contribution < -0.4 is 5.32 Å². The van der Waals surface area contributed by atoms with Crippen LogP contribution in [0.4, 0.5) is 0 Å². The fourth-order valence-electron chi connectivity index (χ4n) is 3.68. The molecule has 3 heterocycles. The van der Waals surface area contributed by atoms with Gasteiger partial charge in [0.1, 0.15) is 10.7 Å². The molecule has 1 amide bonds. The fraction of sp³-hybridized carbons (Fsp3) is 0.706. The molecule has 8 heteroatoms. The van der Waals surface area contributed by atoms with Crippen molar-refractivity contribution >= 4 is 15.9 Å². The summed E-state index contributed by atoms with van der Waals surface area (Å²) in [6, 6.07) is 1.41. The Hall–Kier alpha value is -1.38. The van der Waals surface area contributed by atoms with Gasteiger partial charge in [-0.1, -0.05) is 0 Å². The lowest BCUT2D eigenvalue weighted by atomic mass is 9.97. The molecule has 0 saturated carbocycles. The van der Waals surface area contributed by atoms with E-state index in [0.717, 1.165) is 32.2 Å². The molecule has 0 spiro atoms. The predicted octanol–water partition coefficient (Wildman–Crippen LogP) is 1.44. The van der Waals surface area contributed by atoms with Crippen molar-refractivity contribution in [1.82, 2.24) is 14.5 Å². The van der Waals surface area contributed by atoms with Crippen LogP contribution in [-0.2, 0) is 10.0 Å². The van der Waals surface area contributed by atoms with Crippen molar-refractivity contribution in [3.8, 4) is 0 Å². The molecular formula is C17H27N3O4S. The average molecular weight is 369 g/mol. The van der Waals surface area contributed by atoms with E-state index in [1.54, 1.807) is 11.8 Å². The van der Waals surface area contributed by atoms with Gasteiger partial charge < -0.3 is 14.6 Å². The minimum Gasteiger partial charge on any atom is -0.455 e. The van der Waals surface area contributed by atoms with Crippen LogP contribution in [0.25, 0.3) is 0 Å². The van der Waals surface area contributed by atoms with E-state index >= 15 is 0 Å². The molecule has 1 aromatic heterocycles. The molecule has 2 fully saturated rings. The number of piperidine rings is 1. The highest BCUT2D eigenvalue weighted by Crippen LogP contribution is 2.27. The Morgan fingerprint density at radius 1 is 1.24 bits per heavy atom. The number of carbonyl (C=O) groups excluding carboxylic acids is 1. The number of aryl methyl sites for hydroxylation is 1. The second-order valence-corrected chi connectivity index (χ2v) is 8.84. The maximum absolute atomic E-state index is 12.7. The number of likely N-dealkylation sites (tertiary alicyclic amines) is 1. The van der Waals surface area contributed by atoms with E-state index in [1.165, 1.54) is 10.4 Å². The van der Waals surface area contributed by atoms with Crippen molar-refractivity contribution in [2.24, 2.45) is 5.92 Å². The molecule has 0 aromatic carbocycles. The van der Waals surface area contributed by atoms with Crippen LogP contribution in [0.15, 0.2) is 15.4 Å². The highest BCUT2D eigenvalue weighted by atomic mass is 32.2. The second kappa shape index (κ2) is 7.47. The number of rotatable bonds is 5. The van der Waals surface area contributed by atoms with Gasteiger partial charge in [-0.15, -0.1) is 0 Å². The van der Waals surface area contributed by atoms with E-state index in [0.29, 0.717) is 37.9 Å². The third kappa shape index (κ3) is 3.75. The Labute approximate surface area is 149 Å². The smallest absolute Gasteiger partial charge is 0.289 e. The number of hydrogen-bond acceptors (Lipinski definition) is 5. The molecular weight excluding hydrogens is 342 g/mol. The molecule has 0 bridgehead atoms. The van der Waals surface area contributed by atoms with Crippen molar-refractivity contribution in [1.29, 1.82) is 0 Å². The van der Waals surface area contributed by atoms with Crippen molar-refractivity contribution < 1.29 is 17.6 Å². The van der Waals surface area contributed by atoms with Gasteiger partial charge >= 0.3 is 0 Å². The van der Waals surface area contributed by atoms with Gasteiger partial charge in [-0.2, -0.15) is 4.31 Å². The summed E-state index contributed by atoms with van der Waals surface area (Å²) in [5, 5.41) is 3.17. The van der Waals surface area contributed by atoms with Crippen LogP contribution >= 0.6 is 0 Å². The number of amides is 1. The highest BCUT2D eigenvalue weighted by molar-refractivity contribution is 7.89. The fourth-order valence-corrected chi connectivity index (χ4v) is 5.36. The lowest BCUT2D eigenvalue weighted by molar-refractivity contribution is 0.0657. The first-order valence-corrected chi connectivity index (χ1v) is 10.4. The summed E-state index contributed by atoms with van der Waals surface area (Å²) in [5.74, 6) is 0.787. The Morgan fingerprint density at radius 3 is 2.48 bits per heavy atom. The van der Waals surface area contributed by atoms with Crippen LogP contribution in [0.1, 0.15) is 42.0 Å². The zero-order valence-corrected chi connectivity index (χ0v) is 15.8. The number of carbonyl (C=O) groups is 1. The number of nitrogens with one attached hydrogen (secondary N) is 1. The number of hydrogen-bond donors (Lipinski definition) is 1. The number of nitrogens with zero attached hydrogens (tertiary/aromatic N) is 2. The Balaban J connectivity index is 1.73. The maximum Gasteiger partial charge on any atom is 0.289 e. The van der Waals surface area contributed by atoms with Crippen molar-refractivity contribution in [2.75, 3.05) is 39.8 Å².